The average molecular weight is 259 g/mol. The molecule has 1 aromatic heterocycles. The van der Waals surface area contributed by atoms with Crippen LogP contribution in [0.3, 0.4) is 0 Å². The molecule has 0 fully saturated rings. The molecule has 0 amide bonds. The number of rotatable bonds is 4. The molecule has 1 heterocycles. The van der Waals surface area contributed by atoms with Crippen molar-refractivity contribution in [1.82, 2.24) is 5.32 Å². The molecule has 0 bridgehead atoms. The normalized spacial score (nSPS) is 15.6. The summed E-state index contributed by atoms with van der Waals surface area (Å²) in [5.41, 5.74) is 1.15. The fraction of sp³-hybridized carbons (Fsp3) is 0.529. The van der Waals surface area contributed by atoms with E-state index in [0.717, 1.165) is 17.9 Å². The maximum absolute atomic E-state index is 5.96. The lowest BCUT2D eigenvalue weighted by Gasteiger charge is -2.25. The first-order chi connectivity index (χ1) is 8.87. The van der Waals surface area contributed by atoms with Crippen molar-refractivity contribution in [3.8, 4) is 0 Å². The number of fused-ring (bicyclic) bond motifs is 1. The second-order valence-corrected chi connectivity index (χ2v) is 6.58. The van der Waals surface area contributed by atoms with Gasteiger partial charge in [-0.1, -0.05) is 32.0 Å². The van der Waals surface area contributed by atoms with Crippen molar-refractivity contribution in [3.05, 3.63) is 36.1 Å². The molecular weight excluding hydrogens is 234 g/mol. The van der Waals surface area contributed by atoms with Gasteiger partial charge in [0.1, 0.15) is 11.3 Å². The van der Waals surface area contributed by atoms with Gasteiger partial charge in [-0.2, -0.15) is 0 Å². The maximum Gasteiger partial charge on any atom is 0.134 e. The lowest BCUT2D eigenvalue weighted by molar-refractivity contribution is 0.339. The second-order valence-electron chi connectivity index (χ2n) is 6.58. The third-order valence-corrected chi connectivity index (χ3v) is 3.70. The summed E-state index contributed by atoms with van der Waals surface area (Å²) in [5.74, 6) is 2.05. The molecule has 2 aromatic rings. The zero-order valence-electron chi connectivity index (χ0n) is 12.7. The number of hydrogen-bond acceptors (Lipinski definition) is 2. The number of furan rings is 1. The van der Waals surface area contributed by atoms with Crippen molar-refractivity contribution < 1.29 is 4.42 Å². The van der Waals surface area contributed by atoms with E-state index in [2.05, 4.69) is 58.1 Å². The van der Waals surface area contributed by atoms with E-state index >= 15 is 0 Å². The molecule has 0 spiro atoms. The van der Waals surface area contributed by atoms with Gasteiger partial charge in [-0.05, 0) is 45.4 Å². The van der Waals surface area contributed by atoms with Gasteiger partial charge in [0.2, 0.25) is 0 Å². The number of hydrogen-bond donors (Lipinski definition) is 1. The van der Waals surface area contributed by atoms with Gasteiger partial charge in [-0.3, -0.25) is 0 Å². The van der Waals surface area contributed by atoms with Crippen molar-refractivity contribution in [1.29, 1.82) is 0 Å². The van der Waals surface area contributed by atoms with Crippen molar-refractivity contribution in [2.24, 2.45) is 5.92 Å². The van der Waals surface area contributed by atoms with E-state index < -0.39 is 0 Å². The van der Waals surface area contributed by atoms with Gasteiger partial charge in [0.15, 0.2) is 0 Å². The van der Waals surface area contributed by atoms with Gasteiger partial charge in [0, 0.05) is 16.8 Å². The van der Waals surface area contributed by atoms with Crippen LogP contribution in [-0.2, 0) is 0 Å². The summed E-state index contributed by atoms with van der Waals surface area (Å²) < 4.78 is 5.96. The minimum Gasteiger partial charge on any atom is -0.461 e. The van der Waals surface area contributed by atoms with Crippen molar-refractivity contribution in [2.75, 3.05) is 6.54 Å². The van der Waals surface area contributed by atoms with Crippen molar-refractivity contribution >= 4 is 11.0 Å². The van der Waals surface area contributed by atoms with Crippen LogP contribution < -0.4 is 5.32 Å². The number of para-hydroxylation sites is 1. The predicted octanol–water partition coefficient (Wildman–Crippen LogP) is 4.56. The molecule has 2 nitrogen and oxygen atoms in total. The Morgan fingerprint density at radius 2 is 1.84 bits per heavy atom. The third-order valence-electron chi connectivity index (χ3n) is 3.70. The molecule has 0 aliphatic carbocycles. The van der Waals surface area contributed by atoms with E-state index in [1.54, 1.807) is 0 Å². The highest BCUT2D eigenvalue weighted by Gasteiger charge is 2.20. The highest BCUT2D eigenvalue weighted by Crippen LogP contribution is 2.29. The predicted molar refractivity (Wildman–Crippen MR) is 81.5 cm³/mol. The van der Waals surface area contributed by atoms with Gasteiger partial charge in [0.25, 0.3) is 0 Å². The Bertz CT molecular complexity index is 502. The van der Waals surface area contributed by atoms with Crippen LogP contribution in [0.2, 0.25) is 0 Å². The van der Waals surface area contributed by atoms with Crippen LogP contribution in [-0.4, -0.2) is 12.1 Å². The molecule has 0 radical (unpaired) electrons. The molecular formula is C17H25NO. The molecule has 0 aliphatic heterocycles. The van der Waals surface area contributed by atoms with Crippen LogP contribution in [0.1, 0.15) is 46.3 Å². The van der Waals surface area contributed by atoms with Gasteiger partial charge in [-0.25, -0.2) is 0 Å². The SMILES string of the molecule is CC(CNC(C)(C)C)C(C)c1cc2ccccc2o1. The van der Waals surface area contributed by atoms with E-state index in [0.29, 0.717) is 11.8 Å². The van der Waals surface area contributed by atoms with Gasteiger partial charge >= 0.3 is 0 Å². The Morgan fingerprint density at radius 3 is 2.47 bits per heavy atom. The first-order valence-corrected chi connectivity index (χ1v) is 7.10. The summed E-state index contributed by atoms with van der Waals surface area (Å²) >= 11 is 0. The molecule has 1 aromatic carbocycles. The standard InChI is InChI=1S/C17H25NO/c1-12(11-18-17(3,4)5)13(2)16-10-14-8-6-7-9-15(14)19-16/h6-10,12-13,18H,11H2,1-5H3. The quantitative estimate of drug-likeness (QED) is 0.870. The summed E-state index contributed by atoms with van der Waals surface area (Å²) in [7, 11) is 0. The fourth-order valence-corrected chi connectivity index (χ4v) is 2.15. The summed E-state index contributed by atoms with van der Waals surface area (Å²) in [4.78, 5) is 0. The highest BCUT2D eigenvalue weighted by molar-refractivity contribution is 5.77. The van der Waals surface area contributed by atoms with Gasteiger partial charge in [-0.15, -0.1) is 0 Å². The van der Waals surface area contributed by atoms with Gasteiger partial charge < -0.3 is 9.73 Å². The Balaban J connectivity index is 2.08. The molecule has 0 saturated carbocycles. The van der Waals surface area contributed by atoms with Crippen LogP contribution >= 0.6 is 0 Å². The molecule has 104 valence electrons. The van der Waals surface area contributed by atoms with E-state index in [9.17, 15) is 0 Å². The lowest BCUT2D eigenvalue weighted by Crippen LogP contribution is -2.39. The van der Waals surface area contributed by atoms with Gasteiger partial charge in [0.05, 0.1) is 0 Å². The Labute approximate surface area is 116 Å². The molecule has 19 heavy (non-hydrogen) atoms. The second kappa shape index (κ2) is 5.38. The fourth-order valence-electron chi connectivity index (χ4n) is 2.15. The van der Waals surface area contributed by atoms with E-state index in [4.69, 9.17) is 4.42 Å². The minimum atomic E-state index is 0.169. The highest BCUT2D eigenvalue weighted by atomic mass is 16.3. The molecule has 2 heteroatoms. The summed E-state index contributed by atoms with van der Waals surface area (Å²) in [6, 6.07) is 10.4. The summed E-state index contributed by atoms with van der Waals surface area (Å²) in [5, 5.41) is 4.76. The van der Waals surface area contributed by atoms with Crippen LogP contribution in [0, 0.1) is 5.92 Å². The molecule has 2 unspecified atom stereocenters. The molecule has 0 aliphatic rings. The van der Waals surface area contributed by atoms with Crippen LogP contribution in [0.25, 0.3) is 11.0 Å². The van der Waals surface area contributed by atoms with Crippen LogP contribution in [0.5, 0.6) is 0 Å². The van der Waals surface area contributed by atoms with Crippen LogP contribution in [0.4, 0.5) is 0 Å². The average Bonchev–Trinajstić information content (AvgIpc) is 2.77. The van der Waals surface area contributed by atoms with E-state index in [-0.39, 0.29) is 5.54 Å². The summed E-state index contributed by atoms with van der Waals surface area (Å²) in [6.45, 7) is 12.1. The molecule has 0 saturated heterocycles. The van der Waals surface area contributed by atoms with Crippen LogP contribution in [0.15, 0.2) is 34.7 Å². The largest absolute Gasteiger partial charge is 0.461 e. The van der Waals surface area contributed by atoms with Crippen molar-refractivity contribution in [3.63, 3.8) is 0 Å². The molecule has 1 N–H and O–H groups in total. The lowest BCUT2D eigenvalue weighted by atomic mass is 9.92. The Kier molecular flexibility index (Phi) is 4.00. The number of benzene rings is 1. The summed E-state index contributed by atoms with van der Waals surface area (Å²) in [6.07, 6.45) is 0. The topological polar surface area (TPSA) is 25.2 Å². The minimum absolute atomic E-state index is 0.169. The van der Waals surface area contributed by atoms with E-state index in [1.165, 1.54) is 5.39 Å². The monoisotopic (exact) mass is 259 g/mol. The van der Waals surface area contributed by atoms with E-state index in [1.807, 2.05) is 12.1 Å². The van der Waals surface area contributed by atoms with Crippen molar-refractivity contribution in [2.45, 2.75) is 46.1 Å². The first-order valence-electron chi connectivity index (χ1n) is 7.10. The molecule has 2 atom stereocenters. The Morgan fingerprint density at radius 1 is 1.16 bits per heavy atom. The maximum atomic E-state index is 5.96. The zero-order valence-corrected chi connectivity index (χ0v) is 12.7. The number of nitrogens with one attached hydrogen (secondary N) is 1. The zero-order chi connectivity index (χ0) is 14.0. The smallest absolute Gasteiger partial charge is 0.134 e. The first kappa shape index (κ1) is 14.1. The molecule has 2 rings (SSSR count). The Hall–Kier alpha value is -1.28. The third kappa shape index (κ3) is 3.60.